The fourth-order valence-electron chi connectivity index (χ4n) is 3.15. The van der Waals surface area contributed by atoms with Crippen LogP contribution in [0.15, 0.2) is 33.7 Å². The van der Waals surface area contributed by atoms with E-state index in [0.29, 0.717) is 12.5 Å². The van der Waals surface area contributed by atoms with Gasteiger partial charge in [-0.25, -0.2) is 0 Å². The van der Waals surface area contributed by atoms with Gasteiger partial charge >= 0.3 is 0 Å². The van der Waals surface area contributed by atoms with Crippen molar-refractivity contribution < 1.29 is 13.9 Å². The minimum Gasteiger partial charge on any atom is -0.496 e. The zero-order valence-electron chi connectivity index (χ0n) is 16.1. The topological polar surface area (TPSA) is 68.0 Å². The van der Waals surface area contributed by atoms with Gasteiger partial charge in [0.25, 0.3) is 0 Å². The highest BCUT2D eigenvalue weighted by molar-refractivity contribution is 5.80. The largest absolute Gasteiger partial charge is 0.496 e. The standard InChI is InChI=1S/C20H27N3O3/c1-12-6-7-17(25-12)14(3)23-20(21-4)22-11-16-10-19-15(8-13(2)26-19)9-18(16)24-5/h6-7,9-10,13-14H,8,11H2,1-5H3,(H2,21,22,23). The molecule has 0 fully saturated rings. The van der Waals surface area contributed by atoms with E-state index in [1.165, 1.54) is 5.56 Å². The second-order valence-electron chi connectivity index (χ2n) is 6.64. The first-order chi connectivity index (χ1) is 12.5. The third-order valence-electron chi connectivity index (χ3n) is 4.51. The van der Waals surface area contributed by atoms with Crippen molar-refractivity contribution in [1.82, 2.24) is 10.6 Å². The van der Waals surface area contributed by atoms with E-state index < -0.39 is 0 Å². The van der Waals surface area contributed by atoms with Gasteiger partial charge in [-0.15, -0.1) is 0 Å². The van der Waals surface area contributed by atoms with E-state index in [1.807, 2.05) is 26.0 Å². The van der Waals surface area contributed by atoms with Crippen molar-refractivity contribution in [3.8, 4) is 11.5 Å². The van der Waals surface area contributed by atoms with Crippen molar-refractivity contribution >= 4 is 5.96 Å². The summed E-state index contributed by atoms with van der Waals surface area (Å²) in [7, 11) is 3.44. The highest BCUT2D eigenvalue weighted by Gasteiger charge is 2.22. The van der Waals surface area contributed by atoms with Gasteiger partial charge < -0.3 is 24.5 Å². The number of rotatable bonds is 5. The molecule has 1 aromatic carbocycles. The van der Waals surface area contributed by atoms with Crippen LogP contribution >= 0.6 is 0 Å². The molecule has 6 nitrogen and oxygen atoms in total. The quantitative estimate of drug-likeness (QED) is 0.634. The zero-order chi connectivity index (χ0) is 18.7. The molecule has 0 bridgehead atoms. The van der Waals surface area contributed by atoms with E-state index in [9.17, 15) is 0 Å². The van der Waals surface area contributed by atoms with Crippen LogP contribution in [0, 0.1) is 6.92 Å². The van der Waals surface area contributed by atoms with E-state index in [4.69, 9.17) is 13.9 Å². The number of nitrogens with one attached hydrogen (secondary N) is 2. The molecule has 0 spiro atoms. The average molecular weight is 357 g/mol. The van der Waals surface area contributed by atoms with E-state index in [1.54, 1.807) is 14.2 Å². The number of aryl methyl sites for hydroxylation is 1. The molecule has 2 atom stereocenters. The number of guanidine groups is 1. The highest BCUT2D eigenvalue weighted by atomic mass is 16.5. The third-order valence-corrected chi connectivity index (χ3v) is 4.51. The smallest absolute Gasteiger partial charge is 0.191 e. The Hall–Kier alpha value is -2.63. The van der Waals surface area contributed by atoms with E-state index in [-0.39, 0.29) is 12.1 Å². The van der Waals surface area contributed by atoms with Crippen LogP contribution in [0.25, 0.3) is 0 Å². The van der Waals surface area contributed by atoms with Crippen LogP contribution in [-0.2, 0) is 13.0 Å². The first kappa shape index (κ1) is 18.2. The van der Waals surface area contributed by atoms with Crippen molar-refractivity contribution in [1.29, 1.82) is 0 Å². The number of fused-ring (bicyclic) bond motifs is 1. The molecule has 0 saturated carbocycles. The molecule has 0 radical (unpaired) electrons. The highest BCUT2D eigenvalue weighted by Crippen LogP contribution is 2.34. The predicted molar refractivity (Wildman–Crippen MR) is 102 cm³/mol. The van der Waals surface area contributed by atoms with E-state index >= 15 is 0 Å². The molecule has 2 unspecified atom stereocenters. The van der Waals surface area contributed by atoms with Gasteiger partial charge in [0.2, 0.25) is 0 Å². The first-order valence-corrected chi connectivity index (χ1v) is 8.90. The first-order valence-electron chi connectivity index (χ1n) is 8.90. The van der Waals surface area contributed by atoms with Crippen molar-refractivity contribution in [2.75, 3.05) is 14.2 Å². The van der Waals surface area contributed by atoms with E-state index in [0.717, 1.165) is 35.0 Å². The van der Waals surface area contributed by atoms with Crippen LogP contribution in [0.2, 0.25) is 0 Å². The molecule has 140 valence electrons. The summed E-state index contributed by atoms with van der Waals surface area (Å²) in [6.45, 7) is 6.63. The second kappa shape index (κ2) is 7.72. The summed E-state index contributed by atoms with van der Waals surface area (Å²) in [4.78, 5) is 4.30. The normalized spacial score (nSPS) is 17.4. The summed E-state index contributed by atoms with van der Waals surface area (Å²) in [5, 5.41) is 6.67. The van der Waals surface area contributed by atoms with Gasteiger partial charge in [-0.05, 0) is 45.0 Å². The molecule has 1 aromatic heterocycles. The van der Waals surface area contributed by atoms with Crippen molar-refractivity contribution in [2.45, 2.75) is 45.9 Å². The van der Waals surface area contributed by atoms with Gasteiger partial charge in [0.1, 0.15) is 29.1 Å². The molecule has 0 aliphatic carbocycles. The van der Waals surface area contributed by atoms with Crippen LogP contribution in [0.4, 0.5) is 0 Å². The minimum atomic E-state index is 0.0148. The SMILES string of the molecule is CN=C(NCc1cc2c(cc1OC)CC(C)O2)NC(C)c1ccc(C)o1. The molecule has 2 N–H and O–H groups in total. The van der Waals surface area contributed by atoms with Crippen LogP contribution < -0.4 is 20.1 Å². The molecular weight excluding hydrogens is 330 g/mol. The Labute approximate surface area is 154 Å². The van der Waals surface area contributed by atoms with Crippen molar-refractivity contribution in [3.63, 3.8) is 0 Å². The van der Waals surface area contributed by atoms with Crippen molar-refractivity contribution in [3.05, 3.63) is 46.9 Å². The Morgan fingerprint density at radius 1 is 1.38 bits per heavy atom. The maximum absolute atomic E-state index is 5.86. The Balaban J connectivity index is 1.66. The van der Waals surface area contributed by atoms with Gasteiger partial charge in [-0.1, -0.05) is 0 Å². The summed E-state index contributed by atoms with van der Waals surface area (Å²) < 4.78 is 17.1. The molecular formula is C20H27N3O3. The number of hydrogen-bond donors (Lipinski definition) is 2. The molecule has 1 aliphatic heterocycles. The fourth-order valence-corrected chi connectivity index (χ4v) is 3.15. The van der Waals surface area contributed by atoms with Gasteiger partial charge in [0.15, 0.2) is 5.96 Å². The maximum Gasteiger partial charge on any atom is 0.191 e. The van der Waals surface area contributed by atoms with Crippen molar-refractivity contribution in [2.24, 2.45) is 4.99 Å². The lowest BCUT2D eigenvalue weighted by Gasteiger charge is -2.17. The lowest BCUT2D eigenvalue weighted by Crippen LogP contribution is -2.38. The van der Waals surface area contributed by atoms with Crippen LogP contribution in [0.1, 0.15) is 42.5 Å². The van der Waals surface area contributed by atoms with Gasteiger partial charge in [0.05, 0.1) is 13.2 Å². The zero-order valence-corrected chi connectivity index (χ0v) is 16.1. The van der Waals surface area contributed by atoms with Gasteiger partial charge in [-0.3, -0.25) is 4.99 Å². The number of benzene rings is 1. The lowest BCUT2D eigenvalue weighted by atomic mass is 10.1. The summed E-state index contributed by atoms with van der Waals surface area (Å²) in [5.41, 5.74) is 2.23. The molecule has 0 saturated heterocycles. The molecule has 3 rings (SSSR count). The molecule has 2 heterocycles. The predicted octanol–water partition coefficient (Wildman–Crippen LogP) is 3.35. The maximum atomic E-state index is 5.86. The number of aliphatic imine (C=N–C) groups is 1. The Bertz CT molecular complexity index is 798. The molecule has 6 heteroatoms. The number of furan rings is 1. The van der Waals surface area contributed by atoms with Crippen LogP contribution in [0.3, 0.4) is 0 Å². The Morgan fingerprint density at radius 3 is 2.85 bits per heavy atom. The van der Waals surface area contributed by atoms with Gasteiger partial charge in [-0.2, -0.15) is 0 Å². The molecule has 0 amide bonds. The summed E-state index contributed by atoms with van der Waals surface area (Å²) >= 11 is 0. The number of ether oxygens (including phenoxy) is 2. The minimum absolute atomic E-state index is 0.0148. The summed E-state index contributed by atoms with van der Waals surface area (Å²) in [5.74, 6) is 4.27. The Morgan fingerprint density at radius 2 is 2.19 bits per heavy atom. The average Bonchev–Trinajstić information content (AvgIpc) is 3.21. The van der Waals surface area contributed by atoms with Crippen LogP contribution in [0.5, 0.6) is 11.5 Å². The fraction of sp³-hybridized carbons (Fsp3) is 0.450. The summed E-state index contributed by atoms with van der Waals surface area (Å²) in [6.07, 6.45) is 1.13. The number of methoxy groups -OCH3 is 1. The molecule has 26 heavy (non-hydrogen) atoms. The number of hydrogen-bond acceptors (Lipinski definition) is 4. The van der Waals surface area contributed by atoms with E-state index in [2.05, 4.69) is 34.7 Å². The van der Waals surface area contributed by atoms with Crippen LogP contribution in [-0.4, -0.2) is 26.2 Å². The summed E-state index contributed by atoms with van der Waals surface area (Å²) in [6, 6.07) is 8.07. The molecule has 1 aliphatic rings. The van der Waals surface area contributed by atoms with Gasteiger partial charge in [0, 0.05) is 31.1 Å². The lowest BCUT2D eigenvalue weighted by molar-refractivity contribution is 0.254. The second-order valence-corrected chi connectivity index (χ2v) is 6.64. The molecule has 2 aromatic rings. The monoisotopic (exact) mass is 357 g/mol. The number of nitrogens with zero attached hydrogens (tertiary/aromatic N) is 1. The Kier molecular flexibility index (Phi) is 5.40. The third kappa shape index (κ3) is 3.95.